The van der Waals surface area contributed by atoms with Crippen molar-refractivity contribution in [1.82, 2.24) is 5.16 Å². The summed E-state index contributed by atoms with van der Waals surface area (Å²) in [5, 5.41) is 4.06. The lowest BCUT2D eigenvalue weighted by Crippen LogP contribution is -1.94. The summed E-state index contributed by atoms with van der Waals surface area (Å²) < 4.78 is 15.6. The highest BCUT2D eigenvalue weighted by molar-refractivity contribution is 5.75. The molecule has 2 aromatic heterocycles. The number of aryl methyl sites for hydroxylation is 2. The van der Waals surface area contributed by atoms with E-state index >= 15 is 0 Å². The molecule has 0 aliphatic carbocycles. The van der Waals surface area contributed by atoms with Gasteiger partial charge in [0, 0.05) is 12.8 Å². The molecule has 2 heterocycles. The standard InChI is InChI=1S/C16H16N2O3/c1-19-12-6-4-11(5-7-12)15-14(18-21-16(15)17)9-8-13-3-2-10-20-13/h2-7,10H,8-9,17H2,1H3. The highest BCUT2D eigenvalue weighted by atomic mass is 16.5. The molecule has 0 aliphatic heterocycles. The SMILES string of the molecule is COc1ccc(-c2c(CCc3ccco3)noc2N)cc1. The average Bonchev–Trinajstić information content (AvgIpc) is 3.15. The number of hydrogen-bond donors (Lipinski definition) is 1. The maximum absolute atomic E-state index is 5.91. The molecule has 2 N–H and O–H groups in total. The fourth-order valence-corrected chi connectivity index (χ4v) is 2.27. The van der Waals surface area contributed by atoms with Crippen LogP contribution in [-0.2, 0) is 12.8 Å². The van der Waals surface area contributed by atoms with E-state index in [1.807, 2.05) is 36.4 Å². The highest BCUT2D eigenvalue weighted by Gasteiger charge is 2.16. The van der Waals surface area contributed by atoms with Crippen LogP contribution < -0.4 is 10.5 Å². The van der Waals surface area contributed by atoms with E-state index in [0.717, 1.165) is 34.8 Å². The fraction of sp³-hybridized carbons (Fsp3) is 0.188. The molecule has 108 valence electrons. The third-order valence-electron chi connectivity index (χ3n) is 3.36. The first-order valence-corrected chi connectivity index (χ1v) is 6.68. The Bertz CT molecular complexity index is 700. The molecule has 0 amide bonds. The van der Waals surface area contributed by atoms with Crippen LogP contribution >= 0.6 is 0 Å². The maximum atomic E-state index is 5.91. The summed E-state index contributed by atoms with van der Waals surface area (Å²) in [6.07, 6.45) is 3.12. The summed E-state index contributed by atoms with van der Waals surface area (Å²) in [5.41, 5.74) is 8.54. The van der Waals surface area contributed by atoms with Gasteiger partial charge in [0.15, 0.2) is 0 Å². The van der Waals surface area contributed by atoms with Gasteiger partial charge in [-0.15, -0.1) is 0 Å². The van der Waals surface area contributed by atoms with Crippen LogP contribution in [0.3, 0.4) is 0 Å². The zero-order valence-corrected chi connectivity index (χ0v) is 11.7. The van der Waals surface area contributed by atoms with Gasteiger partial charge in [0.1, 0.15) is 11.5 Å². The Morgan fingerprint density at radius 2 is 1.95 bits per heavy atom. The van der Waals surface area contributed by atoms with Crippen molar-refractivity contribution in [2.45, 2.75) is 12.8 Å². The third kappa shape index (κ3) is 2.76. The van der Waals surface area contributed by atoms with Gasteiger partial charge in [-0.2, -0.15) is 0 Å². The monoisotopic (exact) mass is 284 g/mol. The van der Waals surface area contributed by atoms with E-state index in [4.69, 9.17) is 19.4 Å². The molecule has 21 heavy (non-hydrogen) atoms. The number of methoxy groups -OCH3 is 1. The van der Waals surface area contributed by atoms with Crippen LogP contribution in [0.2, 0.25) is 0 Å². The number of nitrogens with two attached hydrogens (primary N) is 1. The molecule has 0 radical (unpaired) electrons. The molecule has 0 bridgehead atoms. The Hall–Kier alpha value is -2.69. The third-order valence-corrected chi connectivity index (χ3v) is 3.36. The summed E-state index contributed by atoms with van der Waals surface area (Å²) in [7, 11) is 1.64. The molecule has 0 saturated carbocycles. The van der Waals surface area contributed by atoms with Crippen molar-refractivity contribution in [3.8, 4) is 16.9 Å². The zero-order chi connectivity index (χ0) is 14.7. The van der Waals surface area contributed by atoms with E-state index in [0.29, 0.717) is 12.3 Å². The lowest BCUT2D eigenvalue weighted by atomic mass is 10.0. The number of aromatic nitrogens is 1. The Morgan fingerprint density at radius 1 is 1.14 bits per heavy atom. The first-order valence-electron chi connectivity index (χ1n) is 6.68. The van der Waals surface area contributed by atoms with E-state index in [2.05, 4.69) is 5.16 Å². The van der Waals surface area contributed by atoms with Crippen LogP contribution in [0.5, 0.6) is 5.75 Å². The van der Waals surface area contributed by atoms with Gasteiger partial charge < -0.3 is 19.4 Å². The number of anilines is 1. The quantitative estimate of drug-likeness (QED) is 0.778. The van der Waals surface area contributed by atoms with Crippen LogP contribution in [0.1, 0.15) is 11.5 Å². The van der Waals surface area contributed by atoms with Crippen molar-refractivity contribution < 1.29 is 13.7 Å². The lowest BCUT2D eigenvalue weighted by molar-refractivity contribution is 0.415. The molecule has 3 aromatic rings. The van der Waals surface area contributed by atoms with E-state index < -0.39 is 0 Å². The normalized spacial score (nSPS) is 10.7. The van der Waals surface area contributed by atoms with Crippen molar-refractivity contribution in [2.75, 3.05) is 12.8 Å². The van der Waals surface area contributed by atoms with Gasteiger partial charge in [0.05, 0.1) is 24.6 Å². The maximum Gasteiger partial charge on any atom is 0.230 e. The highest BCUT2D eigenvalue weighted by Crippen LogP contribution is 2.31. The van der Waals surface area contributed by atoms with Crippen LogP contribution in [0.25, 0.3) is 11.1 Å². The molecule has 0 fully saturated rings. The molecule has 0 saturated heterocycles. The topological polar surface area (TPSA) is 74.4 Å². The van der Waals surface area contributed by atoms with E-state index in [9.17, 15) is 0 Å². The Morgan fingerprint density at radius 3 is 2.62 bits per heavy atom. The van der Waals surface area contributed by atoms with Gasteiger partial charge in [-0.25, -0.2) is 0 Å². The van der Waals surface area contributed by atoms with Gasteiger partial charge in [-0.3, -0.25) is 0 Å². The number of nitrogen functional groups attached to an aromatic ring is 1. The molecule has 0 aliphatic rings. The summed E-state index contributed by atoms with van der Waals surface area (Å²) in [4.78, 5) is 0. The van der Waals surface area contributed by atoms with Gasteiger partial charge in [-0.05, 0) is 29.8 Å². The van der Waals surface area contributed by atoms with E-state index in [-0.39, 0.29) is 0 Å². The Balaban J connectivity index is 1.85. The van der Waals surface area contributed by atoms with Crippen LogP contribution in [-0.4, -0.2) is 12.3 Å². The second kappa shape index (κ2) is 5.75. The molecule has 5 nitrogen and oxygen atoms in total. The first-order chi connectivity index (χ1) is 10.3. The molecule has 5 heteroatoms. The number of hydrogen-bond acceptors (Lipinski definition) is 5. The molecular weight excluding hydrogens is 268 g/mol. The molecule has 0 unspecified atom stereocenters. The predicted molar refractivity (Wildman–Crippen MR) is 79.0 cm³/mol. The van der Waals surface area contributed by atoms with Crippen molar-refractivity contribution in [2.24, 2.45) is 0 Å². The molecule has 1 aromatic carbocycles. The molecule has 3 rings (SSSR count). The number of furan rings is 1. The van der Waals surface area contributed by atoms with E-state index in [1.54, 1.807) is 13.4 Å². The van der Waals surface area contributed by atoms with E-state index in [1.165, 1.54) is 0 Å². The van der Waals surface area contributed by atoms with Gasteiger partial charge in [0.2, 0.25) is 5.88 Å². The summed E-state index contributed by atoms with van der Waals surface area (Å²) >= 11 is 0. The Kier molecular flexibility index (Phi) is 3.64. The minimum absolute atomic E-state index is 0.328. The summed E-state index contributed by atoms with van der Waals surface area (Å²) in [6.45, 7) is 0. The van der Waals surface area contributed by atoms with Crippen molar-refractivity contribution >= 4 is 5.88 Å². The largest absolute Gasteiger partial charge is 0.497 e. The van der Waals surface area contributed by atoms with Crippen molar-refractivity contribution in [3.63, 3.8) is 0 Å². The van der Waals surface area contributed by atoms with Gasteiger partial charge >= 0.3 is 0 Å². The Labute approximate surface area is 122 Å². The zero-order valence-electron chi connectivity index (χ0n) is 11.7. The number of nitrogens with zero attached hydrogens (tertiary/aromatic N) is 1. The smallest absolute Gasteiger partial charge is 0.230 e. The number of ether oxygens (including phenoxy) is 1. The number of rotatable bonds is 5. The van der Waals surface area contributed by atoms with Crippen LogP contribution in [0.4, 0.5) is 5.88 Å². The second-order valence-electron chi connectivity index (χ2n) is 4.68. The molecule has 0 atom stereocenters. The summed E-state index contributed by atoms with van der Waals surface area (Å²) in [6, 6.07) is 11.5. The fourth-order valence-electron chi connectivity index (χ4n) is 2.27. The van der Waals surface area contributed by atoms with Crippen LogP contribution in [0.15, 0.2) is 51.6 Å². The molecule has 0 spiro atoms. The first kappa shape index (κ1) is 13.3. The summed E-state index contributed by atoms with van der Waals surface area (Å²) in [5.74, 6) is 2.04. The number of benzene rings is 1. The lowest BCUT2D eigenvalue weighted by Gasteiger charge is -2.04. The second-order valence-corrected chi connectivity index (χ2v) is 4.68. The van der Waals surface area contributed by atoms with Gasteiger partial charge in [-0.1, -0.05) is 17.3 Å². The molecular formula is C16H16N2O3. The minimum atomic E-state index is 0.328. The van der Waals surface area contributed by atoms with Crippen LogP contribution in [0, 0.1) is 0 Å². The minimum Gasteiger partial charge on any atom is -0.497 e. The van der Waals surface area contributed by atoms with Crippen molar-refractivity contribution in [3.05, 3.63) is 54.1 Å². The van der Waals surface area contributed by atoms with Gasteiger partial charge in [0.25, 0.3) is 0 Å². The van der Waals surface area contributed by atoms with Crippen molar-refractivity contribution in [1.29, 1.82) is 0 Å². The predicted octanol–water partition coefficient (Wildman–Crippen LogP) is 3.31. The average molecular weight is 284 g/mol.